The summed E-state index contributed by atoms with van der Waals surface area (Å²) in [5.41, 5.74) is 3.77. The van der Waals surface area contributed by atoms with Crippen LogP contribution in [-0.4, -0.2) is 21.0 Å². The van der Waals surface area contributed by atoms with Crippen molar-refractivity contribution in [3.05, 3.63) is 71.0 Å². The summed E-state index contributed by atoms with van der Waals surface area (Å²) in [7, 11) is 0. The molecule has 0 fully saturated rings. The molecule has 0 N–H and O–H groups in total. The number of nitrogens with zero attached hydrogens (tertiary/aromatic N) is 3. The third-order valence-electron chi connectivity index (χ3n) is 3.66. The van der Waals surface area contributed by atoms with E-state index in [4.69, 9.17) is 4.74 Å². The molecule has 0 aliphatic heterocycles. The molecule has 0 saturated heterocycles. The van der Waals surface area contributed by atoms with Crippen molar-refractivity contribution >= 4 is 5.97 Å². The van der Waals surface area contributed by atoms with E-state index >= 15 is 0 Å². The topological polar surface area (TPSA) is 57.0 Å². The van der Waals surface area contributed by atoms with Crippen LogP contribution in [0.15, 0.2) is 48.5 Å². The predicted octanol–water partition coefficient (Wildman–Crippen LogP) is 3.41. The maximum absolute atomic E-state index is 12.3. The Bertz CT molecular complexity index is 851. The Kier molecular flexibility index (Phi) is 3.93. The van der Waals surface area contributed by atoms with E-state index < -0.39 is 5.97 Å². The number of aromatic nitrogens is 3. The largest absolute Gasteiger partial charge is 0.421 e. The highest BCUT2D eigenvalue weighted by atomic mass is 16.5. The van der Waals surface area contributed by atoms with Gasteiger partial charge in [-0.05, 0) is 44.5 Å². The second kappa shape index (κ2) is 6.04. The minimum Gasteiger partial charge on any atom is -0.421 e. The van der Waals surface area contributed by atoms with E-state index in [0.29, 0.717) is 11.4 Å². The van der Waals surface area contributed by atoms with Crippen LogP contribution in [0.5, 0.6) is 5.75 Å². The summed E-state index contributed by atoms with van der Waals surface area (Å²) in [6.07, 6.45) is 0. The molecule has 1 heterocycles. The standard InChI is InChI=1S/C18H17N3O2/c1-12-8-10-15(11-9-12)21-14(3)17(19-20-21)18(22)23-16-7-5-4-6-13(16)2/h4-11H,1-3H3. The molecule has 5 nitrogen and oxygen atoms in total. The number of hydrogen-bond acceptors (Lipinski definition) is 4. The van der Waals surface area contributed by atoms with Gasteiger partial charge in [-0.25, -0.2) is 9.48 Å². The van der Waals surface area contributed by atoms with Gasteiger partial charge in [-0.3, -0.25) is 0 Å². The van der Waals surface area contributed by atoms with Gasteiger partial charge >= 0.3 is 5.97 Å². The molecule has 0 amide bonds. The Morgan fingerprint density at radius 2 is 1.70 bits per heavy atom. The van der Waals surface area contributed by atoms with Crippen molar-refractivity contribution in [2.24, 2.45) is 0 Å². The van der Waals surface area contributed by atoms with Crippen LogP contribution >= 0.6 is 0 Å². The first-order valence-corrected chi connectivity index (χ1v) is 7.33. The SMILES string of the molecule is Cc1ccc(-n2nnc(C(=O)Oc3ccccc3C)c2C)cc1. The van der Waals surface area contributed by atoms with Crippen LogP contribution < -0.4 is 4.74 Å². The number of para-hydroxylation sites is 1. The summed E-state index contributed by atoms with van der Waals surface area (Å²) >= 11 is 0. The highest BCUT2D eigenvalue weighted by molar-refractivity contribution is 5.90. The van der Waals surface area contributed by atoms with E-state index in [9.17, 15) is 4.79 Å². The van der Waals surface area contributed by atoms with Crippen molar-refractivity contribution in [2.45, 2.75) is 20.8 Å². The lowest BCUT2D eigenvalue weighted by atomic mass is 10.2. The minimum absolute atomic E-state index is 0.217. The lowest BCUT2D eigenvalue weighted by Gasteiger charge is -2.06. The fourth-order valence-corrected chi connectivity index (χ4v) is 2.27. The normalized spacial score (nSPS) is 10.6. The molecule has 0 bridgehead atoms. The number of benzene rings is 2. The molecule has 3 rings (SSSR count). The van der Waals surface area contributed by atoms with Gasteiger partial charge in [0.2, 0.25) is 0 Å². The summed E-state index contributed by atoms with van der Waals surface area (Å²) < 4.78 is 7.06. The maximum atomic E-state index is 12.3. The molecule has 0 unspecified atom stereocenters. The molecule has 0 radical (unpaired) electrons. The van der Waals surface area contributed by atoms with Crippen LogP contribution in [0.4, 0.5) is 0 Å². The van der Waals surface area contributed by atoms with Crippen molar-refractivity contribution in [2.75, 3.05) is 0 Å². The monoisotopic (exact) mass is 307 g/mol. The van der Waals surface area contributed by atoms with E-state index in [1.807, 2.05) is 56.3 Å². The summed E-state index contributed by atoms with van der Waals surface area (Å²) in [6, 6.07) is 15.2. The highest BCUT2D eigenvalue weighted by Crippen LogP contribution is 2.19. The number of carbonyl (C=O) groups is 1. The Morgan fingerprint density at radius 3 is 2.39 bits per heavy atom. The van der Waals surface area contributed by atoms with Crippen LogP contribution in [-0.2, 0) is 0 Å². The first-order valence-electron chi connectivity index (χ1n) is 7.33. The van der Waals surface area contributed by atoms with Crippen molar-refractivity contribution < 1.29 is 9.53 Å². The van der Waals surface area contributed by atoms with Crippen molar-refractivity contribution in [3.63, 3.8) is 0 Å². The molecule has 0 saturated carbocycles. The zero-order valence-electron chi connectivity index (χ0n) is 13.3. The Hall–Kier alpha value is -2.95. The second-order valence-electron chi connectivity index (χ2n) is 5.43. The molecule has 0 aliphatic rings. The van der Waals surface area contributed by atoms with Gasteiger partial charge < -0.3 is 4.74 Å². The average molecular weight is 307 g/mol. The first kappa shape index (κ1) is 15.0. The van der Waals surface area contributed by atoms with Gasteiger partial charge in [0.15, 0.2) is 5.69 Å². The van der Waals surface area contributed by atoms with E-state index in [1.165, 1.54) is 0 Å². The van der Waals surface area contributed by atoms with Crippen molar-refractivity contribution in [3.8, 4) is 11.4 Å². The predicted molar refractivity (Wildman–Crippen MR) is 87.0 cm³/mol. The summed E-state index contributed by atoms with van der Waals surface area (Å²) in [4.78, 5) is 12.3. The number of aryl methyl sites for hydroxylation is 2. The van der Waals surface area contributed by atoms with Crippen LogP contribution in [0.1, 0.15) is 27.3 Å². The van der Waals surface area contributed by atoms with Gasteiger partial charge in [-0.1, -0.05) is 41.1 Å². The molecule has 3 aromatic rings. The molecule has 0 atom stereocenters. The van der Waals surface area contributed by atoms with Gasteiger partial charge in [-0.15, -0.1) is 5.10 Å². The Labute approximate surface area is 134 Å². The average Bonchev–Trinajstić information content (AvgIpc) is 2.92. The van der Waals surface area contributed by atoms with Crippen LogP contribution in [0.2, 0.25) is 0 Å². The third kappa shape index (κ3) is 2.99. The number of rotatable bonds is 3. The molecular formula is C18H17N3O2. The molecule has 5 heteroatoms. The van der Waals surface area contributed by atoms with Gasteiger partial charge in [0, 0.05) is 0 Å². The lowest BCUT2D eigenvalue weighted by molar-refractivity contribution is 0.0726. The quantitative estimate of drug-likeness (QED) is 0.549. The molecule has 23 heavy (non-hydrogen) atoms. The summed E-state index contributed by atoms with van der Waals surface area (Å²) in [5, 5.41) is 8.05. The van der Waals surface area contributed by atoms with Crippen molar-refractivity contribution in [1.29, 1.82) is 0 Å². The van der Waals surface area contributed by atoms with E-state index in [0.717, 1.165) is 16.8 Å². The Morgan fingerprint density at radius 1 is 1.00 bits per heavy atom. The highest BCUT2D eigenvalue weighted by Gasteiger charge is 2.19. The molecule has 0 aliphatic carbocycles. The maximum Gasteiger partial charge on any atom is 0.366 e. The third-order valence-corrected chi connectivity index (χ3v) is 3.66. The van der Waals surface area contributed by atoms with Gasteiger partial charge in [0.05, 0.1) is 11.4 Å². The first-order chi connectivity index (χ1) is 11.1. The molecule has 1 aromatic heterocycles. The fourth-order valence-electron chi connectivity index (χ4n) is 2.27. The zero-order chi connectivity index (χ0) is 16.4. The van der Waals surface area contributed by atoms with E-state index in [2.05, 4.69) is 10.3 Å². The van der Waals surface area contributed by atoms with Crippen LogP contribution in [0, 0.1) is 20.8 Å². The lowest BCUT2D eigenvalue weighted by Crippen LogP contribution is -2.12. The number of ether oxygens (including phenoxy) is 1. The second-order valence-corrected chi connectivity index (χ2v) is 5.43. The number of esters is 1. The van der Waals surface area contributed by atoms with Crippen LogP contribution in [0.3, 0.4) is 0 Å². The van der Waals surface area contributed by atoms with E-state index in [-0.39, 0.29) is 5.69 Å². The molecule has 2 aromatic carbocycles. The molecular weight excluding hydrogens is 290 g/mol. The fraction of sp³-hybridized carbons (Fsp3) is 0.167. The summed E-state index contributed by atoms with van der Waals surface area (Å²) in [6.45, 7) is 5.70. The van der Waals surface area contributed by atoms with Crippen LogP contribution in [0.25, 0.3) is 5.69 Å². The summed E-state index contributed by atoms with van der Waals surface area (Å²) in [5.74, 6) is 0.0250. The van der Waals surface area contributed by atoms with Crippen molar-refractivity contribution in [1.82, 2.24) is 15.0 Å². The van der Waals surface area contributed by atoms with Gasteiger partial charge in [-0.2, -0.15) is 0 Å². The molecule has 116 valence electrons. The van der Waals surface area contributed by atoms with Gasteiger partial charge in [0.1, 0.15) is 5.75 Å². The minimum atomic E-state index is -0.504. The number of carbonyl (C=O) groups excluding carboxylic acids is 1. The smallest absolute Gasteiger partial charge is 0.366 e. The van der Waals surface area contributed by atoms with E-state index in [1.54, 1.807) is 17.7 Å². The zero-order valence-corrected chi connectivity index (χ0v) is 13.3. The number of hydrogen-bond donors (Lipinski definition) is 0. The Balaban J connectivity index is 1.88. The molecule has 0 spiro atoms. The van der Waals surface area contributed by atoms with Gasteiger partial charge in [0.25, 0.3) is 0 Å².